The lowest BCUT2D eigenvalue weighted by Gasteiger charge is -2.29. The summed E-state index contributed by atoms with van der Waals surface area (Å²) < 4.78 is 5.76. The number of amides is 1. The predicted molar refractivity (Wildman–Crippen MR) is 97.2 cm³/mol. The molecule has 4 rings (SSSR count). The fraction of sp³-hybridized carbons (Fsp3) is 0.200. The molecule has 1 aliphatic heterocycles. The maximum Gasteiger partial charge on any atom is 0.264 e. The minimum absolute atomic E-state index is 0.0553. The van der Waals surface area contributed by atoms with Crippen LogP contribution in [0.1, 0.15) is 12.0 Å². The van der Waals surface area contributed by atoms with Gasteiger partial charge in [0.05, 0.1) is 5.39 Å². The molecule has 25 heavy (non-hydrogen) atoms. The maximum absolute atomic E-state index is 12.7. The van der Waals surface area contributed by atoms with E-state index < -0.39 is 0 Å². The number of aromatic nitrogens is 1. The normalized spacial score (nSPS) is 13.5. The average Bonchev–Trinajstić information content (AvgIpc) is 2.66. The van der Waals surface area contributed by atoms with E-state index in [1.54, 1.807) is 35.4 Å². The largest absolute Gasteiger partial charge is 0.483 e. The molecular weight excluding hydrogens is 316 g/mol. The van der Waals surface area contributed by atoms with Gasteiger partial charge in [0.2, 0.25) is 0 Å². The fourth-order valence-corrected chi connectivity index (χ4v) is 3.33. The highest BCUT2D eigenvalue weighted by Crippen LogP contribution is 2.27. The summed E-state index contributed by atoms with van der Waals surface area (Å²) >= 11 is 0. The van der Waals surface area contributed by atoms with Crippen LogP contribution in [0.15, 0.2) is 59.5 Å². The molecule has 2 heterocycles. The lowest BCUT2D eigenvalue weighted by molar-refractivity contribution is -0.120. The molecule has 0 bridgehead atoms. The Morgan fingerprint density at radius 3 is 2.88 bits per heavy atom. The topological polar surface area (TPSA) is 62.4 Å². The number of nitrogens with zero attached hydrogens (tertiary/aromatic N) is 1. The second kappa shape index (κ2) is 6.43. The van der Waals surface area contributed by atoms with E-state index in [-0.39, 0.29) is 18.1 Å². The van der Waals surface area contributed by atoms with E-state index in [1.165, 1.54) is 5.56 Å². The minimum atomic E-state index is -0.167. The van der Waals surface area contributed by atoms with E-state index in [0.717, 1.165) is 18.5 Å². The predicted octanol–water partition coefficient (Wildman–Crippen LogP) is 2.89. The molecule has 0 spiro atoms. The molecule has 0 aliphatic carbocycles. The SMILES string of the molecule is O=C(COc1cccc2c(=O)[nH]ccc12)N1CCCc2ccccc21. The zero-order valence-electron chi connectivity index (χ0n) is 13.7. The molecule has 1 aromatic heterocycles. The van der Waals surface area contributed by atoms with Gasteiger partial charge in [-0.1, -0.05) is 24.3 Å². The highest BCUT2D eigenvalue weighted by molar-refractivity contribution is 5.96. The van der Waals surface area contributed by atoms with Crippen molar-refractivity contribution in [2.24, 2.45) is 0 Å². The first-order valence-electron chi connectivity index (χ1n) is 8.35. The Morgan fingerprint density at radius 1 is 1.08 bits per heavy atom. The summed E-state index contributed by atoms with van der Waals surface area (Å²) in [7, 11) is 0. The summed E-state index contributed by atoms with van der Waals surface area (Å²) in [5, 5.41) is 1.26. The Kier molecular flexibility index (Phi) is 3.98. The van der Waals surface area contributed by atoms with Crippen LogP contribution in [0.3, 0.4) is 0 Å². The van der Waals surface area contributed by atoms with Crippen molar-refractivity contribution in [3.63, 3.8) is 0 Å². The molecule has 1 aliphatic rings. The minimum Gasteiger partial charge on any atom is -0.483 e. The van der Waals surface area contributed by atoms with Gasteiger partial charge in [-0.3, -0.25) is 9.59 Å². The van der Waals surface area contributed by atoms with Crippen molar-refractivity contribution in [3.8, 4) is 5.75 Å². The third-order valence-electron chi connectivity index (χ3n) is 4.54. The number of fused-ring (bicyclic) bond motifs is 2. The molecule has 0 radical (unpaired) electrons. The Morgan fingerprint density at radius 2 is 1.96 bits per heavy atom. The van der Waals surface area contributed by atoms with Crippen molar-refractivity contribution in [2.45, 2.75) is 12.8 Å². The third kappa shape index (κ3) is 2.89. The first-order valence-corrected chi connectivity index (χ1v) is 8.35. The number of pyridine rings is 1. The van der Waals surface area contributed by atoms with E-state index in [2.05, 4.69) is 11.1 Å². The molecule has 126 valence electrons. The van der Waals surface area contributed by atoms with E-state index in [1.807, 2.05) is 18.2 Å². The smallest absolute Gasteiger partial charge is 0.264 e. The number of hydrogen-bond acceptors (Lipinski definition) is 3. The molecule has 0 saturated heterocycles. The summed E-state index contributed by atoms with van der Waals surface area (Å²) in [5.41, 5.74) is 2.00. The zero-order chi connectivity index (χ0) is 17.2. The summed E-state index contributed by atoms with van der Waals surface area (Å²) in [5.74, 6) is 0.469. The van der Waals surface area contributed by atoms with Crippen molar-refractivity contribution in [2.75, 3.05) is 18.1 Å². The monoisotopic (exact) mass is 334 g/mol. The fourth-order valence-electron chi connectivity index (χ4n) is 3.33. The lowest BCUT2D eigenvalue weighted by atomic mass is 10.0. The molecule has 0 unspecified atom stereocenters. The van der Waals surface area contributed by atoms with E-state index in [0.29, 0.717) is 23.1 Å². The van der Waals surface area contributed by atoms with Gasteiger partial charge >= 0.3 is 0 Å². The summed E-state index contributed by atoms with van der Waals surface area (Å²) in [6.45, 7) is 0.647. The molecule has 1 amide bonds. The zero-order valence-corrected chi connectivity index (χ0v) is 13.7. The second-order valence-corrected chi connectivity index (χ2v) is 6.09. The number of carbonyl (C=O) groups is 1. The van der Waals surface area contributed by atoms with Crippen molar-refractivity contribution in [1.82, 2.24) is 4.98 Å². The van der Waals surface area contributed by atoms with Gasteiger partial charge in [0, 0.05) is 23.8 Å². The van der Waals surface area contributed by atoms with Gasteiger partial charge in [0.15, 0.2) is 6.61 Å². The van der Waals surface area contributed by atoms with Crippen LogP contribution in [0.4, 0.5) is 5.69 Å². The molecule has 0 saturated carbocycles. The van der Waals surface area contributed by atoms with Crippen LogP contribution < -0.4 is 15.2 Å². The Balaban J connectivity index is 1.56. The van der Waals surface area contributed by atoms with Crippen LogP contribution in [-0.2, 0) is 11.2 Å². The molecule has 3 aromatic rings. The highest BCUT2D eigenvalue weighted by Gasteiger charge is 2.22. The van der Waals surface area contributed by atoms with Gasteiger partial charge in [0.1, 0.15) is 5.75 Å². The molecule has 0 fully saturated rings. The molecule has 0 atom stereocenters. The number of nitrogens with one attached hydrogen (secondary N) is 1. The van der Waals surface area contributed by atoms with Crippen LogP contribution >= 0.6 is 0 Å². The Hall–Kier alpha value is -3.08. The molecule has 5 nitrogen and oxygen atoms in total. The number of hydrogen-bond donors (Lipinski definition) is 1. The summed E-state index contributed by atoms with van der Waals surface area (Å²) in [6, 6.07) is 15.0. The van der Waals surface area contributed by atoms with E-state index in [4.69, 9.17) is 4.74 Å². The standard InChI is InChI=1S/C20H18N2O3/c23-19(22-12-4-6-14-5-1-2-8-17(14)22)13-25-18-9-3-7-16-15(18)10-11-21-20(16)24/h1-3,5,7-11H,4,6,12-13H2,(H,21,24). The Bertz CT molecular complexity index is 993. The van der Waals surface area contributed by atoms with Gasteiger partial charge in [-0.2, -0.15) is 0 Å². The van der Waals surface area contributed by atoms with E-state index in [9.17, 15) is 9.59 Å². The molecule has 2 aromatic carbocycles. The van der Waals surface area contributed by atoms with Crippen molar-refractivity contribution in [3.05, 3.63) is 70.6 Å². The van der Waals surface area contributed by atoms with Crippen LogP contribution in [0.5, 0.6) is 5.75 Å². The average molecular weight is 334 g/mol. The number of carbonyl (C=O) groups excluding carboxylic acids is 1. The number of para-hydroxylation sites is 1. The van der Waals surface area contributed by atoms with E-state index >= 15 is 0 Å². The third-order valence-corrected chi connectivity index (χ3v) is 4.54. The summed E-state index contributed by atoms with van der Waals surface area (Å²) in [4.78, 5) is 29.0. The van der Waals surface area contributed by atoms with Crippen molar-refractivity contribution in [1.29, 1.82) is 0 Å². The number of rotatable bonds is 3. The quantitative estimate of drug-likeness (QED) is 0.801. The van der Waals surface area contributed by atoms with Crippen molar-refractivity contribution < 1.29 is 9.53 Å². The van der Waals surface area contributed by atoms with Crippen LogP contribution in [-0.4, -0.2) is 24.0 Å². The van der Waals surface area contributed by atoms with Crippen LogP contribution in [0.2, 0.25) is 0 Å². The maximum atomic E-state index is 12.7. The molecular formula is C20H18N2O3. The van der Waals surface area contributed by atoms with Gasteiger partial charge < -0.3 is 14.6 Å². The number of aromatic amines is 1. The first kappa shape index (κ1) is 15.4. The number of H-pyrrole nitrogens is 1. The van der Waals surface area contributed by atoms with Gasteiger partial charge in [-0.25, -0.2) is 0 Å². The van der Waals surface area contributed by atoms with Crippen LogP contribution in [0, 0.1) is 0 Å². The first-order chi connectivity index (χ1) is 12.2. The molecule has 1 N–H and O–H groups in total. The number of ether oxygens (including phenoxy) is 1. The molecule has 5 heteroatoms. The second-order valence-electron chi connectivity index (χ2n) is 6.09. The van der Waals surface area contributed by atoms with Gasteiger partial charge in [-0.15, -0.1) is 0 Å². The van der Waals surface area contributed by atoms with Gasteiger partial charge in [-0.05, 0) is 42.7 Å². The van der Waals surface area contributed by atoms with Crippen LogP contribution in [0.25, 0.3) is 10.8 Å². The lowest BCUT2D eigenvalue weighted by Crippen LogP contribution is -2.38. The van der Waals surface area contributed by atoms with Crippen molar-refractivity contribution >= 4 is 22.4 Å². The number of benzene rings is 2. The number of anilines is 1. The Labute approximate surface area is 144 Å². The summed E-state index contributed by atoms with van der Waals surface area (Å²) in [6.07, 6.45) is 3.53. The number of aryl methyl sites for hydroxylation is 1. The van der Waals surface area contributed by atoms with Gasteiger partial charge in [0.25, 0.3) is 11.5 Å². The highest BCUT2D eigenvalue weighted by atomic mass is 16.5.